The molecule has 0 fully saturated rings. The molecule has 0 aliphatic carbocycles. The third-order valence-corrected chi connectivity index (χ3v) is 4.25. The summed E-state index contributed by atoms with van der Waals surface area (Å²) < 4.78 is 11.6. The molecule has 140 valence electrons. The third kappa shape index (κ3) is 6.27. The molecule has 5 heteroatoms. The maximum Gasteiger partial charge on any atom is 0.213 e. The Morgan fingerprint density at radius 2 is 1.85 bits per heavy atom. The Kier molecular flexibility index (Phi) is 7.08. The molecular weight excluding hydrogens is 360 g/mol. The molecule has 0 saturated carbocycles. The standard InChI is InChI=1S/C22H23ClN2O2/c1-17-5-7-18(8-6-17)16-27-21-10-9-20(23)14-19(21)15-24-12-13-26-22-4-2-3-11-25-22/h2-11,14,24H,12-13,15-16H2,1H3. The molecule has 0 aliphatic rings. The first-order valence-electron chi connectivity index (χ1n) is 8.92. The van der Waals surface area contributed by atoms with E-state index in [-0.39, 0.29) is 0 Å². The summed E-state index contributed by atoms with van der Waals surface area (Å²) >= 11 is 6.16. The lowest BCUT2D eigenvalue weighted by molar-refractivity contribution is 0.295. The van der Waals surface area contributed by atoms with Crippen LogP contribution in [-0.2, 0) is 13.2 Å². The minimum absolute atomic E-state index is 0.525. The number of aromatic nitrogens is 1. The summed E-state index contributed by atoms with van der Waals surface area (Å²) in [4.78, 5) is 4.13. The third-order valence-electron chi connectivity index (χ3n) is 4.02. The highest BCUT2D eigenvalue weighted by Crippen LogP contribution is 2.24. The van der Waals surface area contributed by atoms with E-state index >= 15 is 0 Å². The highest BCUT2D eigenvalue weighted by Gasteiger charge is 2.06. The van der Waals surface area contributed by atoms with Crippen LogP contribution < -0.4 is 14.8 Å². The minimum Gasteiger partial charge on any atom is -0.489 e. The van der Waals surface area contributed by atoms with E-state index in [0.29, 0.717) is 37.2 Å². The first-order valence-corrected chi connectivity index (χ1v) is 9.30. The van der Waals surface area contributed by atoms with Crippen molar-refractivity contribution in [2.45, 2.75) is 20.1 Å². The van der Waals surface area contributed by atoms with Gasteiger partial charge in [0.2, 0.25) is 5.88 Å². The molecule has 1 aromatic heterocycles. The highest BCUT2D eigenvalue weighted by atomic mass is 35.5. The van der Waals surface area contributed by atoms with Crippen molar-refractivity contribution in [3.63, 3.8) is 0 Å². The number of nitrogens with zero attached hydrogens (tertiary/aromatic N) is 1. The fourth-order valence-corrected chi connectivity index (χ4v) is 2.75. The predicted molar refractivity (Wildman–Crippen MR) is 108 cm³/mol. The zero-order valence-electron chi connectivity index (χ0n) is 15.3. The van der Waals surface area contributed by atoms with Crippen LogP contribution >= 0.6 is 11.6 Å². The summed E-state index contributed by atoms with van der Waals surface area (Å²) in [5.41, 5.74) is 3.40. The van der Waals surface area contributed by atoms with Gasteiger partial charge in [-0.05, 0) is 36.8 Å². The van der Waals surface area contributed by atoms with Gasteiger partial charge in [-0.25, -0.2) is 4.98 Å². The predicted octanol–water partition coefficient (Wildman–Crippen LogP) is 4.79. The quantitative estimate of drug-likeness (QED) is 0.540. The summed E-state index contributed by atoms with van der Waals surface area (Å²) in [6.45, 7) is 4.48. The van der Waals surface area contributed by atoms with Gasteiger partial charge in [0.15, 0.2) is 0 Å². The van der Waals surface area contributed by atoms with Crippen LogP contribution in [0.4, 0.5) is 0 Å². The van der Waals surface area contributed by atoms with Crippen LogP contribution in [0, 0.1) is 6.92 Å². The summed E-state index contributed by atoms with van der Waals surface area (Å²) in [5, 5.41) is 4.05. The van der Waals surface area contributed by atoms with Gasteiger partial charge < -0.3 is 14.8 Å². The maximum absolute atomic E-state index is 6.16. The molecule has 1 heterocycles. The Bertz CT molecular complexity index is 839. The first kappa shape index (κ1) is 19.2. The molecule has 0 aliphatic heterocycles. The summed E-state index contributed by atoms with van der Waals surface area (Å²) in [6, 6.07) is 19.6. The van der Waals surface area contributed by atoms with E-state index < -0.39 is 0 Å². The number of halogens is 1. The van der Waals surface area contributed by atoms with Gasteiger partial charge in [-0.15, -0.1) is 0 Å². The number of hydrogen-bond donors (Lipinski definition) is 1. The molecular formula is C22H23ClN2O2. The average molecular weight is 383 g/mol. The normalized spacial score (nSPS) is 10.6. The Morgan fingerprint density at radius 1 is 1.00 bits per heavy atom. The van der Waals surface area contributed by atoms with Gasteiger partial charge >= 0.3 is 0 Å². The SMILES string of the molecule is Cc1ccc(COc2ccc(Cl)cc2CNCCOc2ccccn2)cc1. The number of rotatable bonds is 9. The van der Waals surface area contributed by atoms with E-state index in [2.05, 4.69) is 41.5 Å². The second-order valence-electron chi connectivity index (χ2n) is 6.22. The molecule has 27 heavy (non-hydrogen) atoms. The van der Waals surface area contributed by atoms with Crippen molar-refractivity contribution in [3.05, 3.63) is 88.6 Å². The maximum atomic E-state index is 6.16. The average Bonchev–Trinajstić information content (AvgIpc) is 2.69. The Morgan fingerprint density at radius 3 is 2.63 bits per heavy atom. The molecule has 2 aromatic carbocycles. The number of nitrogens with one attached hydrogen (secondary N) is 1. The van der Waals surface area contributed by atoms with E-state index in [1.165, 1.54) is 5.56 Å². The largest absolute Gasteiger partial charge is 0.489 e. The number of hydrogen-bond acceptors (Lipinski definition) is 4. The Hall–Kier alpha value is -2.56. The lowest BCUT2D eigenvalue weighted by Crippen LogP contribution is -2.21. The smallest absolute Gasteiger partial charge is 0.213 e. The molecule has 3 rings (SSSR count). The summed E-state index contributed by atoms with van der Waals surface area (Å²) in [6.07, 6.45) is 1.71. The van der Waals surface area contributed by atoms with Crippen molar-refractivity contribution in [2.75, 3.05) is 13.2 Å². The van der Waals surface area contributed by atoms with Crippen molar-refractivity contribution in [1.82, 2.24) is 10.3 Å². The Balaban J connectivity index is 1.50. The fourth-order valence-electron chi connectivity index (χ4n) is 2.56. The molecule has 1 N–H and O–H groups in total. The van der Waals surface area contributed by atoms with Crippen molar-refractivity contribution >= 4 is 11.6 Å². The van der Waals surface area contributed by atoms with Crippen LogP contribution in [-0.4, -0.2) is 18.1 Å². The molecule has 0 amide bonds. The number of aryl methyl sites for hydroxylation is 1. The Labute approximate surface area is 165 Å². The lowest BCUT2D eigenvalue weighted by Gasteiger charge is -2.13. The van der Waals surface area contributed by atoms with E-state index in [9.17, 15) is 0 Å². The molecule has 0 bridgehead atoms. The van der Waals surface area contributed by atoms with E-state index in [1.54, 1.807) is 6.20 Å². The second-order valence-corrected chi connectivity index (χ2v) is 6.66. The van der Waals surface area contributed by atoms with Gasteiger partial charge in [0.1, 0.15) is 19.0 Å². The number of pyridine rings is 1. The minimum atomic E-state index is 0.525. The van der Waals surface area contributed by atoms with Crippen LogP contribution in [0.3, 0.4) is 0 Å². The number of benzene rings is 2. The van der Waals surface area contributed by atoms with Crippen molar-refractivity contribution < 1.29 is 9.47 Å². The molecule has 0 radical (unpaired) electrons. The van der Waals surface area contributed by atoms with Crippen molar-refractivity contribution in [3.8, 4) is 11.6 Å². The van der Waals surface area contributed by atoms with E-state index in [0.717, 1.165) is 16.9 Å². The van der Waals surface area contributed by atoms with E-state index in [4.69, 9.17) is 21.1 Å². The molecule has 4 nitrogen and oxygen atoms in total. The lowest BCUT2D eigenvalue weighted by atomic mass is 10.1. The summed E-state index contributed by atoms with van der Waals surface area (Å²) in [5.74, 6) is 1.46. The second kappa shape index (κ2) is 9.95. The van der Waals surface area contributed by atoms with E-state index in [1.807, 2.05) is 36.4 Å². The van der Waals surface area contributed by atoms with Gasteiger partial charge in [-0.2, -0.15) is 0 Å². The van der Waals surface area contributed by atoms with Gasteiger partial charge in [0.25, 0.3) is 0 Å². The zero-order valence-corrected chi connectivity index (χ0v) is 16.1. The van der Waals surface area contributed by atoms with Gasteiger partial charge in [0.05, 0.1) is 0 Å². The fraction of sp³-hybridized carbons (Fsp3) is 0.227. The van der Waals surface area contributed by atoms with Crippen LogP contribution in [0.1, 0.15) is 16.7 Å². The number of ether oxygens (including phenoxy) is 2. The molecule has 0 spiro atoms. The van der Waals surface area contributed by atoms with Gasteiger partial charge in [-0.3, -0.25) is 0 Å². The molecule has 0 saturated heterocycles. The summed E-state index contributed by atoms with van der Waals surface area (Å²) in [7, 11) is 0. The van der Waals surface area contributed by atoms with Crippen LogP contribution in [0.25, 0.3) is 0 Å². The molecule has 3 aromatic rings. The molecule has 0 unspecified atom stereocenters. The first-order chi connectivity index (χ1) is 13.2. The van der Waals surface area contributed by atoms with Crippen molar-refractivity contribution in [2.24, 2.45) is 0 Å². The van der Waals surface area contributed by atoms with Gasteiger partial charge in [-0.1, -0.05) is 47.5 Å². The highest BCUT2D eigenvalue weighted by molar-refractivity contribution is 6.30. The topological polar surface area (TPSA) is 43.4 Å². The van der Waals surface area contributed by atoms with Gasteiger partial charge in [0, 0.05) is 35.9 Å². The zero-order chi connectivity index (χ0) is 18.9. The van der Waals surface area contributed by atoms with Crippen LogP contribution in [0.5, 0.6) is 11.6 Å². The molecule has 0 atom stereocenters. The van der Waals surface area contributed by atoms with Crippen LogP contribution in [0.15, 0.2) is 66.9 Å². The van der Waals surface area contributed by atoms with Crippen molar-refractivity contribution in [1.29, 1.82) is 0 Å². The van der Waals surface area contributed by atoms with Crippen LogP contribution in [0.2, 0.25) is 5.02 Å². The monoisotopic (exact) mass is 382 g/mol.